The largest absolute Gasteiger partial charge is 0.506 e. The molecular formula is C23H35ClN2O3. The Balaban J connectivity index is 1.68. The van der Waals surface area contributed by atoms with Crippen molar-refractivity contribution in [1.29, 1.82) is 0 Å². The number of phenols is 1. The second-order valence-electron chi connectivity index (χ2n) is 8.76. The van der Waals surface area contributed by atoms with Gasteiger partial charge in [0.05, 0.1) is 11.8 Å². The highest BCUT2D eigenvalue weighted by molar-refractivity contribution is 6.29. The third kappa shape index (κ3) is 5.07. The lowest BCUT2D eigenvalue weighted by Gasteiger charge is -2.49. The van der Waals surface area contributed by atoms with Gasteiger partial charge in [-0.3, -0.25) is 9.69 Å². The topological polar surface area (TPSA) is 53.0 Å². The van der Waals surface area contributed by atoms with Gasteiger partial charge in [-0.05, 0) is 77.0 Å². The summed E-state index contributed by atoms with van der Waals surface area (Å²) in [6.45, 7) is 9.12. The normalized spacial score (nSPS) is 26.4. The fraction of sp³-hybridized carbons (Fsp3) is 0.696. The molecule has 5 nitrogen and oxygen atoms in total. The first-order valence-corrected chi connectivity index (χ1v) is 11.5. The van der Waals surface area contributed by atoms with Crippen molar-refractivity contribution < 1.29 is 14.6 Å². The zero-order valence-corrected chi connectivity index (χ0v) is 18.7. The number of piperidine rings is 1. The van der Waals surface area contributed by atoms with Crippen molar-refractivity contribution in [1.82, 2.24) is 4.90 Å². The zero-order chi connectivity index (χ0) is 21.0. The number of ether oxygens (including phenoxy) is 1. The molecule has 0 unspecified atom stereocenters. The van der Waals surface area contributed by atoms with Gasteiger partial charge >= 0.3 is 0 Å². The summed E-state index contributed by atoms with van der Waals surface area (Å²) in [4.78, 5) is 17.0. The number of alkyl halides is 1. The number of amides is 1. The molecule has 0 atom stereocenters. The maximum atomic E-state index is 12.7. The summed E-state index contributed by atoms with van der Waals surface area (Å²) < 4.78 is 5.82. The Labute approximate surface area is 180 Å². The molecule has 1 heterocycles. The van der Waals surface area contributed by atoms with Gasteiger partial charge in [-0.15, -0.1) is 11.6 Å². The van der Waals surface area contributed by atoms with Crippen LogP contribution >= 0.6 is 11.6 Å². The first-order chi connectivity index (χ1) is 13.9. The van der Waals surface area contributed by atoms with Crippen molar-refractivity contribution in [3.8, 4) is 5.75 Å². The van der Waals surface area contributed by atoms with E-state index in [0.717, 1.165) is 63.8 Å². The summed E-state index contributed by atoms with van der Waals surface area (Å²) in [5.41, 5.74) is 1.81. The number of nitrogens with zero attached hydrogens (tertiary/aromatic N) is 2. The fourth-order valence-corrected chi connectivity index (χ4v) is 5.15. The Hall–Kier alpha value is -1.30. The Morgan fingerprint density at radius 2 is 1.93 bits per heavy atom. The molecule has 162 valence electrons. The van der Waals surface area contributed by atoms with Crippen molar-refractivity contribution >= 4 is 23.2 Å². The molecule has 1 saturated carbocycles. The number of hydrogen-bond acceptors (Lipinski definition) is 4. The van der Waals surface area contributed by atoms with E-state index < -0.39 is 0 Å². The molecule has 1 aliphatic carbocycles. The first kappa shape index (κ1) is 22.4. The van der Waals surface area contributed by atoms with Crippen LogP contribution in [0.1, 0.15) is 57.9 Å². The summed E-state index contributed by atoms with van der Waals surface area (Å²) in [6, 6.07) is 5.45. The second-order valence-corrected chi connectivity index (χ2v) is 9.03. The average Bonchev–Trinajstić information content (AvgIpc) is 2.73. The van der Waals surface area contributed by atoms with Crippen molar-refractivity contribution in [3.63, 3.8) is 0 Å². The van der Waals surface area contributed by atoms with Crippen LogP contribution in [0.4, 0.5) is 5.69 Å². The molecule has 29 heavy (non-hydrogen) atoms. The van der Waals surface area contributed by atoms with E-state index in [1.165, 1.54) is 0 Å². The lowest BCUT2D eigenvalue weighted by Crippen LogP contribution is -2.56. The molecule has 0 bridgehead atoms. The van der Waals surface area contributed by atoms with E-state index in [9.17, 15) is 9.90 Å². The maximum absolute atomic E-state index is 12.7. The van der Waals surface area contributed by atoms with Gasteiger partial charge in [0.2, 0.25) is 5.91 Å². The summed E-state index contributed by atoms with van der Waals surface area (Å²) in [6.07, 6.45) is 6.75. The molecule has 1 N–H and O–H groups in total. The average molecular weight is 423 g/mol. The molecule has 3 rings (SSSR count). The van der Waals surface area contributed by atoms with Crippen LogP contribution in [0.25, 0.3) is 0 Å². The smallest absolute Gasteiger partial charge is 0.242 e. The van der Waals surface area contributed by atoms with E-state index in [1.54, 1.807) is 11.0 Å². The number of aromatic hydroxyl groups is 1. The molecule has 1 aromatic rings. The van der Waals surface area contributed by atoms with Gasteiger partial charge in [0, 0.05) is 31.3 Å². The molecule has 2 fully saturated rings. The molecule has 1 aliphatic heterocycles. The molecule has 6 heteroatoms. The summed E-state index contributed by atoms with van der Waals surface area (Å²) in [5.74, 6) is -0.0865. The number of phenolic OH excluding ortho intramolecular Hbond substituents is 1. The zero-order valence-electron chi connectivity index (χ0n) is 18.0. The minimum Gasteiger partial charge on any atom is -0.506 e. The van der Waals surface area contributed by atoms with Gasteiger partial charge in [0.15, 0.2) is 0 Å². The van der Waals surface area contributed by atoms with Crippen LogP contribution in [0, 0.1) is 6.92 Å². The van der Waals surface area contributed by atoms with Gasteiger partial charge in [0.25, 0.3) is 0 Å². The summed E-state index contributed by atoms with van der Waals surface area (Å²) >= 11 is 5.92. The van der Waals surface area contributed by atoms with Crippen LogP contribution in [-0.2, 0) is 9.53 Å². The maximum Gasteiger partial charge on any atom is 0.242 e. The summed E-state index contributed by atoms with van der Waals surface area (Å²) in [7, 11) is 0. The van der Waals surface area contributed by atoms with Crippen LogP contribution in [0.3, 0.4) is 0 Å². The van der Waals surface area contributed by atoms with E-state index in [-0.39, 0.29) is 29.1 Å². The Bertz CT molecular complexity index is 695. The third-order valence-electron chi connectivity index (χ3n) is 6.78. The van der Waals surface area contributed by atoms with E-state index in [4.69, 9.17) is 16.3 Å². The number of benzene rings is 1. The highest BCUT2D eigenvalue weighted by Crippen LogP contribution is 2.38. The minimum absolute atomic E-state index is 0.0635. The highest BCUT2D eigenvalue weighted by atomic mass is 35.5. The number of halogens is 1. The second kappa shape index (κ2) is 9.67. The Kier molecular flexibility index (Phi) is 7.47. The quantitative estimate of drug-likeness (QED) is 0.687. The predicted octanol–water partition coefficient (Wildman–Crippen LogP) is 4.47. The predicted molar refractivity (Wildman–Crippen MR) is 118 cm³/mol. The van der Waals surface area contributed by atoms with E-state index in [0.29, 0.717) is 11.8 Å². The number of hydrogen-bond donors (Lipinski definition) is 1. The molecule has 1 aromatic carbocycles. The molecule has 0 spiro atoms. The minimum atomic E-state index is -0.144. The van der Waals surface area contributed by atoms with Gasteiger partial charge in [-0.2, -0.15) is 0 Å². The number of carbonyl (C=O) groups is 1. The van der Waals surface area contributed by atoms with Crippen molar-refractivity contribution in [3.05, 3.63) is 23.8 Å². The van der Waals surface area contributed by atoms with Gasteiger partial charge < -0.3 is 14.7 Å². The van der Waals surface area contributed by atoms with E-state index in [2.05, 4.69) is 18.7 Å². The molecule has 1 saturated heterocycles. The lowest BCUT2D eigenvalue weighted by molar-refractivity contribution is -0.117. The highest BCUT2D eigenvalue weighted by Gasteiger charge is 2.39. The standard InChI is InChI=1S/C23H35ClN2O3/c1-4-29-19-7-11-23(3,12-8-19)25-13-9-18(10-14-25)26(22(28)16-24)20-15-17(2)5-6-21(20)27/h5-6,15,18-19,27H,4,7-14,16H2,1-3H3/t19-,23-. The molecule has 2 aliphatic rings. The molecule has 0 aromatic heterocycles. The van der Waals surface area contributed by atoms with Crippen molar-refractivity contribution in [2.45, 2.75) is 77.0 Å². The number of rotatable bonds is 6. The molecule has 0 radical (unpaired) electrons. The number of carbonyl (C=O) groups excluding carboxylic acids is 1. The monoisotopic (exact) mass is 422 g/mol. The SMILES string of the molecule is CCO[C@H]1CC[C@](C)(N2CCC(N(C(=O)CCl)c3cc(C)ccc3O)CC2)CC1. The van der Waals surface area contributed by atoms with Crippen LogP contribution in [0.15, 0.2) is 18.2 Å². The van der Waals surface area contributed by atoms with Crippen LogP contribution < -0.4 is 4.90 Å². The van der Waals surface area contributed by atoms with Crippen LogP contribution in [-0.4, -0.2) is 59.2 Å². The first-order valence-electron chi connectivity index (χ1n) is 10.9. The number of aryl methyl sites for hydroxylation is 1. The molecular weight excluding hydrogens is 388 g/mol. The van der Waals surface area contributed by atoms with Crippen LogP contribution in [0.5, 0.6) is 5.75 Å². The van der Waals surface area contributed by atoms with Gasteiger partial charge in [-0.1, -0.05) is 6.07 Å². The third-order valence-corrected chi connectivity index (χ3v) is 7.01. The Morgan fingerprint density at radius 1 is 1.28 bits per heavy atom. The van der Waals surface area contributed by atoms with Crippen LogP contribution in [0.2, 0.25) is 0 Å². The fourth-order valence-electron chi connectivity index (χ4n) is 5.02. The van der Waals surface area contributed by atoms with Crippen molar-refractivity contribution in [2.24, 2.45) is 0 Å². The van der Waals surface area contributed by atoms with Crippen molar-refractivity contribution in [2.75, 3.05) is 30.5 Å². The van der Waals surface area contributed by atoms with Gasteiger partial charge in [0.1, 0.15) is 11.6 Å². The molecule has 1 amide bonds. The number of likely N-dealkylation sites (tertiary alicyclic amines) is 1. The van der Waals surface area contributed by atoms with E-state index in [1.807, 2.05) is 19.1 Å². The number of anilines is 1. The van der Waals surface area contributed by atoms with Gasteiger partial charge in [-0.25, -0.2) is 0 Å². The Morgan fingerprint density at radius 3 is 2.52 bits per heavy atom. The van der Waals surface area contributed by atoms with E-state index >= 15 is 0 Å². The lowest BCUT2D eigenvalue weighted by atomic mass is 9.79. The summed E-state index contributed by atoms with van der Waals surface area (Å²) in [5, 5.41) is 10.4.